The Morgan fingerprint density at radius 3 is 2.11 bits per heavy atom. The largest absolute Gasteiger partial charge is 0.460 e. The van der Waals surface area contributed by atoms with E-state index in [1.165, 1.54) is 21.8 Å². The van der Waals surface area contributed by atoms with Gasteiger partial charge in [0.1, 0.15) is 34.7 Å². The van der Waals surface area contributed by atoms with E-state index in [0.29, 0.717) is 0 Å². The number of furan rings is 1. The summed E-state index contributed by atoms with van der Waals surface area (Å²) in [4.78, 5) is 10.3. The Balaban J connectivity index is 0.945. The average molecular weight is 735 g/mol. The van der Waals surface area contributed by atoms with Crippen LogP contribution >= 0.6 is 0 Å². The first-order valence-electron chi connectivity index (χ1n) is 19.4. The van der Waals surface area contributed by atoms with Crippen molar-refractivity contribution in [2.24, 2.45) is 15.9 Å². The summed E-state index contributed by atoms with van der Waals surface area (Å²) in [5, 5.41) is 8.35. The van der Waals surface area contributed by atoms with E-state index in [-0.39, 0.29) is 18.0 Å². The molecule has 0 radical (unpaired) electrons. The van der Waals surface area contributed by atoms with Gasteiger partial charge in [-0.15, -0.1) is 0 Å². The third kappa shape index (κ3) is 4.97. The number of allylic oxidation sites excluding steroid dienone is 3. The molecule has 3 aliphatic rings. The van der Waals surface area contributed by atoms with Crippen molar-refractivity contribution in [1.29, 1.82) is 0 Å². The van der Waals surface area contributed by atoms with Crippen LogP contribution in [0.4, 0.5) is 0 Å². The highest BCUT2D eigenvalue weighted by molar-refractivity contribution is 6.15. The van der Waals surface area contributed by atoms with Crippen molar-refractivity contribution in [3.63, 3.8) is 0 Å². The molecule has 2 aliphatic heterocycles. The van der Waals surface area contributed by atoms with Crippen LogP contribution in [0.2, 0.25) is 0 Å². The van der Waals surface area contributed by atoms with Crippen molar-refractivity contribution in [1.82, 2.24) is 9.88 Å². The Bertz CT molecular complexity index is 3150. The van der Waals surface area contributed by atoms with Crippen molar-refractivity contribution in [2.75, 3.05) is 0 Å². The van der Waals surface area contributed by atoms with Gasteiger partial charge in [-0.25, -0.2) is 9.98 Å². The van der Waals surface area contributed by atoms with Crippen LogP contribution in [-0.2, 0) is 0 Å². The number of hydrogen-bond acceptors (Lipinski definition) is 5. The van der Waals surface area contributed by atoms with Gasteiger partial charge in [0, 0.05) is 44.3 Å². The van der Waals surface area contributed by atoms with Gasteiger partial charge in [-0.3, -0.25) is 0 Å². The van der Waals surface area contributed by atoms with Gasteiger partial charge in [0.2, 0.25) is 0 Å². The molecule has 1 aliphatic carbocycles. The summed E-state index contributed by atoms with van der Waals surface area (Å²) in [7, 11) is 0. The lowest BCUT2D eigenvalue weighted by molar-refractivity contribution is 0.361. The van der Waals surface area contributed by atoms with Gasteiger partial charge in [0.05, 0.1) is 28.0 Å². The summed E-state index contributed by atoms with van der Waals surface area (Å²) in [6.07, 6.45) is 6.18. The molecule has 0 saturated heterocycles. The molecule has 0 bridgehead atoms. The van der Waals surface area contributed by atoms with Crippen molar-refractivity contribution in [3.8, 4) is 22.6 Å². The number of nitrogens with one attached hydrogen (secondary N) is 1. The Morgan fingerprint density at radius 2 is 1.32 bits per heavy atom. The summed E-state index contributed by atoms with van der Waals surface area (Å²) < 4.78 is 15.9. The van der Waals surface area contributed by atoms with Crippen molar-refractivity contribution in [3.05, 3.63) is 204 Å². The van der Waals surface area contributed by atoms with Crippen LogP contribution in [0.5, 0.6) is 5.75 Å². The predicted octanol–water partition coefficient (Wildman–Crippen LogP) is 11.7. The molecule has 9 aromatic rings. The fourth-order valence-electron chi connectivity index (χ4n) is 9.15. The number of para-hydroxylation sites is 3. The minimum absolute atomic E-state index is 0.0217. The van der Waals surface area contributed by atoms with Crippen LogP contribution in [0, 0.1) is 5.92 Å². The summed E-state index contributed by atoms with van der Waals surface area (Å²) in [6, 6.07) is 57.2. The van der Waals surface area contributed by atoms with Crippen LogP contribution in [0.25, 0.3) is 60.6 Å². The second-order valence-electron chi connectivity index (χ2n) is 14.9. The summed E-state index contributed by atoms with van der Waals surface area (Å²) in [5.74, 6) is 3.29. The van der Waals surface area contributed by atoms with Crippen molar-refractivity contribution in [2.45, 2.75) is 12.1 Å². The lowest BCUT2D eigenvalue weighted by atomic mass is 9.80. The molecule has 57 heavy (non-hydrogen) atoms. The van der Waals surface area contributed by atoms with Gasteiger partial charge < -0.3 is 19.0 Å². The number of aromatic nitrogens is 1. The highest BCUT2D eigenvalue weighted by Gasteiger charge is 2.42. The Morgan fingerprint density at radius 1 is 0.596 bits per heavy atom. The molecule has 6 nitrogen and oxygen atoms in total. The zero-order valence-electron chi connectivity index (χ0n) is 30.7. The van der Waals surface area contributed by atoms with Crippen LogP contribution in [-0.4, -0.2) is 22.4 Å². The number of fused-ring (bicyclic) bond motifs is 9. The van der Waals surface area contributed by atoms with E-state index in [9.17, 15) is 0 Å². The third-order valence-corrected chi connectivity index (χ3v) is 11.7. The molecule has 12 rings (SSSR count). The third-order valence-electron chi connectivity index (χ3n) is 11.7. The van der Waals surface area contributed by atoms with Crippen LogP contribution < -0.4 is 10.1 Å². The Hall–Kier alpha value is -7.44. The maximum atomic E-state index is 6.83. The Labute approximate surface area is 328 Å². The van der Waals surface area contributed by atoms with Gasteiger partial charge in [0.15, 0.2) is 5.84 Å². The molecule has 0 spiro atoms. The van der Waals surface area contributed by atoms with Gasteiger partial charge in [-0.1, -0.05) is 140 Å². The van der Waals surface area contributed by atoms with Crippen LogP contribution in [0.3, 0.4) is 0 Å². The molecule has 270 valence electrons. The Kier molecular flexibility index (Phi) is 7.01. The summed E-state index contributed by atoms with van der Waals surface area (Å²) >= 11 is 0. The van der Waals surface area contributed by atoms with Gasteiger partial charge >= 0.3 is 0 Å². The first-order chi connectivity index (χ1) is 28.3. The van der Waals surface area contributed by atoms with E-state index >= 15 is 0 Å². The first kappa shape index (κ1) is 31.9. The average Bonchev–Trinajstić information content (AvgIpc) is 3.96. The van der Waals surface area contributed by atoms with E-state index in [1.54, 1.807) is 0 Å². The maximum Gasteiger partial charge on any atom is 0.159 e. The normalized spacial score (nSPS) is 18.5. The number of benzene rings is 7. The molecule has 0 amide bonds. The van der Waals surface area contributed by atoms with E-state index < -0.39 is 0 Å². The summed E-state index contributed by atoms with van der Waals surface area (Å²) in [5.41, 5.74) is 10.4. The molecule has 3 unspecified atom stereocenters. The number of rotatable bonds is 5. The standard InChI is InChI=1S/C51H34N4O2/c1-3-14-31(15-4-1)49-52-50(32-16-5-2-6-17-32)54-51(53-49)39-22-12-26-43-46(39)38-21-11-20-34(48(38)57-43)33-28-29-37-45(30-33)56-44-27-13-25-42(47(37)44)55-40-23-9-7-18-35(40)36-19-8-10-24-41(36)55/h1-30,39,46,51H,(H,52,53,54). The fourth-order valence-corrected chi connectivity index (χ4v) is 9.15. The number of ether oxygens (including phenoxy) is 1. The minimum Gasteiger partial charge on any atom is -0.460 e. The second kappa shape index (κ2) is 12.5. The SMILES string of the molecule is C1=CC(C2N=C(c3ccccc3)N=C(c3ccccc3)N2)C2C(=C1)Oc1c(-c3ccc4c(c3)oc3cccc(-n5c6ccccc6c6ccccc65)c34)cccc12. The van der Waals surface area contributed by atoms with Gasteiger partial charge in [0.25, 0.3) is 0 Å². The monoisotopic (exact) mass is 734 g/mol. The molecular formula is C51H34N4O2. The molecule has 3 atom stereocenters. The highest BCUT2D eigenvalue weighted by Crippen LogP contribution is 2.52. The van der Waals surface area contributed by atoms with Crippen molar-refractivity contribution >= 4 is 55.4 Å². The van der Waals surface area contributed by atoms with E-state index in [0.717, 1.165) is 78.6 Å². The molecule has 1 N–H and O–H groups in total. The molecule has 7 aromatic carbocycles. The number of hydrogen-bond donors (Lipinski definition) is 1. The molecule has 2 aromatic heterocycles. The lowest BCUT2D eigenvalue weighted by Crippen LogP contribution is -2.45. The maximum absolute atomic E-state index is 6.83. The van der Waals surface area contributed by atoms with E-state index in [1.807, 2.05) is 36.4 Å². The van der Waals surface area contributed by atoms with Crippen LogP contribution in [0.15, 0.2) is 202 Å². The fraction of sp³-hybridized carbons (Fsp3) is 0.0588. The van der Waals surface area contributed by atoms with Crippen LogP contribution in [0.1, 0.15) is 22.6 Å². The van der Waals surface area contributed by atoms with Crippen molar-refractivity contribution < 1.29 is 9.15 Å². The zero-order chi connectivity index (χ0) is 37.5. The van der Waals surface area contributed by atoms with Gasteiger partial charge in [-0.05, 0) is 48.0 Å². The molecule has 4 heterocycles. The van der Waals surface area contributed by atoms with E-state index in [2.05, 4.69) is 156 Å². The topological polar surface area (TPSA) is 64.1 Å². The molecule has 0 saturated carbocycles. The minimum atomic E-state index is -0.272. The lowest BCUT2D eigenvalue weighted by Gasteiger charge is -2.32. The van der Waals surface area contributed by atoms with Gasteiger partial charge in [-0.2, -0.15) is 0 Å². The van der Waals surface area contributed by atoms with E-state index in [4.69, 9.17) is 19.1 Å². The molecule has 0 fully saturated rings. The molecular weight excluding hydrogens is 701 g/mol. The second-order valence-corrected chi connectivity index (χ2v) is 14.9. The predicted molar refractivity (Wildman–Crippen MR) is 230 cm³/mol. The molecule has 6 heteroatoms. The zero-order valence-corrected chi connectivity index (χ0v) is 30.7. The first-order valence-corrected chi connectivity index (χ1v) is 19.4. The smallest absolute Gasteiger partial charge is 0.159 e. The summed E-state index contributed by atoms with van der Waals surface area (Å²) in [6.45, 7) is 0. The number of nitrogens with zero attached hydrogens (tertiary/aromatic N) is 3. The number of aliphatic imine (C=N–C) groups is 2. The highest BCUT2D eigenvalue weighted by atomic mass is 16.5. The quantitative estimate of drug-likeness (QED) is 0.191. The number of amidine groups is 2.